The minimum atomic E-state index is -5.04. The number of allylic oxidation sites excluding steroid dienone is 1. The van der Waals surface area contributed by atoms with Gasteiger partial charge < -0.3 is 9.84 Å². The van der Waals surface area contributed by atoms with Gasteiger partial charge in [0, 0.05) is 5.92 Å². The summed E-state index contributed by atoms with van der Waals surface area (Å²) in [5.74, 6) is -2.89. The zero-order valence-corrected chi connectivity index (χ0v) is 9.46. The van der Waals surface area contributed by atoms with Crippen molar-refractivity contribution in [2.75, 3.05) is 6.61 Å². The highest BCUT2D eigenvalue weighted by Crippen LogP contribution is 2.41. The highest BCUT2D eigenvalue weighted by Gasteiger charge is 2.64. The Hall–Kier alpha value is -1.04. The summed E-state index contributed by atoms with van der Waals surface area (Å²) >= 11 is 0. The lowest BCUT2D eigenvalue weighted by Crippen LogP contribution is -2.58. The van der Waals surface area contributed by atoms with E-state index in [1.807, 2.05) is 0 Å². The number of carbonyl (C=O) groups excluding carboxylic acids is 1. The molecule has 0 heterocycles. The monoisotopic (exact) mass is 252 g/mol. The van der Waals surface area contributed by atoms with Crippen LogP contribution in [0.1, 0.15) is 26.2 Å². The van der Waals surface area contributed by atoms with Gasteiger partial charge in [-0.05, 0) is 26.2 Å². The minimum Gasteiger partial charge on any atom is -0.464 e. The molecule has 0 fully saturated rings. The summed E-state index contributed by atoms with van der Waals surface area (Å²) < 4.78 is 43.0. The molecule has 0 aliphatic heterocycles. The van der Waals surface area contributed by atoms with E-state index < -0.39 is 23.7 Å². The first kappa shape index (κ1) is 14.0. The number of halogens is 3. The number of carbonyl (C=O) groups is 1. The average Bonchev–Trinajstić information content (AvgIpc) is 2.28. The van der Waals surface area contributed by atoms with Gasteiger partial charge in [0.2, 0.25) is 0 Å². The molecule has 98 valence electrons. The summed E-state index contributed by atoms with van der Waals surface area (Å²) in [5.41, 5.74) is -3.43. The van der Waals surface area contributed by atoms with E-state index in [1.54, 1.807) is 6.08 Å². The van der Waals surface area contributed by atoms with Crippen LogP contribution in [0.15, 0.2) is 12.2 Å². The Morgan fingerprint density at radius 3 is 2.59 bits per heavy atom. The van der Waals surface area contributed by atoms with Crippen LogP contribution in [0, 0.1) is 5.92 Å². The highest BCUT2D eigenvalue weighted by atomic mass is 19.4. The van der Waals surface area contributed by atoms with E-state index in [0.29, 0.717) is 12.8 Å². The number of ether oxygens (including phenoxy) is 1. The summed E-state index contributed by atoms with van der Waals surface area (Å²) in [6, 6.07) is 0. The van der Waals surface area contributed by atoms with Gasteiger partial charge in [-0.25, -0.2) is 4.79 Å². The van der Waals surface area contributed by atoms with Crippen LogP contribution < -0.4 is 0 Å². The van der Waals surface area contributed by atoms with Gasteiger partial charge in [0.15, 0.2) is 0 Å². The molecule has 0 saturated heterocycles. The zero-order valence-electron chi connectivity index (χ0n) is 9.46. The van der Waals surface area contributed by atoms with E-state index in [9.17, 15) is 23.1 Å². The van der Waals surface area contributed by atoms with Crippen molar-refractivity contribution in [2.24, 2.45) is 5.92 Å². The van der Waals surface area contributed by atoms with Gasteiger partial charge in [0.1, 0.15) is 0 Å². The van der Waals surface area contributed by atoms with Crippen LogP contribution in [-0.2, 0) is 9.53 Å². The van der Waals surface area contributed by atoms with E-state index in [2.05, 4.69) is 4.74 Å². The molecule has 0 aromatic carbocycles. The SMILES string of the molecule is CCOC(=O)C(O)(C1C=CCCC1)C(F)(F)F. The predicted octanol–water partition coefficient (Wildman–Crippen LogP) is 2.20. The lowest BCUT2D eigenvalue weighted by Gasteiger charge is -2.34. The smallest absolute Gasteiger partial charge is 0.428 e. The number of alkyl halides is 3. The normalized spacial score (nSPS) is 24.2. The molecule has 1 N–H and O–H groups in total. The third-order valence-electron chi connectivity index (χ3n) is 2.81. The van der Waals surface area contributed by atoms with Gasteiger partial charge in [-0.2, -0.15) is 13.2 Å². The van der Waals surface area contributed by atoms with Crippen LogP contribution in [-0.4, -0.2) is 29.5 Å². The first-order valence-corrected chi connectivity index (χ1v) is 5.47. The van der Waals surface area contributed by atoms with E-state index in [1.165, 1.54) is 13.0 Å². The average molecular weight is 252 g/mol. The molecule has 1 aliphatic rings. The van der Waals surface area contributed by atoms with Crippen molar-refractivity contribution in [3.05, 3.63) is 12.2 Å². The highest BCUT2D eigenvalue weighted by molar-refractivity contribution is 5.81. The molecule has 3 nitrogen and oxygen atoms in total. The fourth-order valence-electron chi connectivity index (χ4n) is 1.88. The Labute approximate surface area is 97.3 Å². The number of rotatable bonds is 3. The molecular formula is C11H15F3O3. The molecule has 0 aromatic rings. The van der Waals surface area contributed by atoms with Crippen molar-refractivity contribution >= 4 is 5.97 Å². The quantitative estimate of drug-likeness (QED) is 0.618. The molecule has 6 heteroatoms. The predicted molar refractivity (Wildman–Crippen MR) is 54.1 cm³/mol. The van der Waals surface area contributed by atoms with Crippen molar-refractivity contribution in [3.8, 4) is 0 Å². The van der Waals surface area contributed by atoms with Gasteiger partial charge in [-0.15, -0.1) is 0 Å². The van der Waals surface area contributed by atoms with E-state index in [4.69, 9.17) is 0 Å². The Balaban J connectivity index is 3.05. The fourth-order valence-corrected chi connectivity index (χ4v) is 1.88. The molecule has 2 unspecified atom stereocenters. The topological polar surface area (TPSA) is 46.5 Å². The van der Waals surface area contributed by atoms with Crippen LogP contribution in [0.5, 0.6) is 0 Å². The summed E-state index contributed by atoms with van der Waals surface area (Å²) in [7, 11) is 0. The van der Waals surface area contributed by atoms with Crippen molar-refractivity contribution in [3.63, 3.8) is 0 Å². The third kappa shape index (κ3) is 2.62. The maximum atomic E-state index is 12.9. The zero-order chi connectivity index (χ0) is 13.1. The van der Waals surface area contributed by atoms with Crippen LogP contribution in [0.2, 0.25) is 0 Å². The van der Waals surface area contributed by atoms with Gasteiger partial charge in [0.25, 0.3) is 5.60 Å². The van der Waals surface area contributed by atoms with Crippen LogP contribution in [0.3, 0.4) is 0 Å². The summed E-state index contributed by atoms with van der Waals surface area (Å²) in [6.45, 7) is 1.19. The second kappa shape index (κ2) is 5.08. The van der Waals surface area contributed by atoms with Crippen LogP contribution in [0.4, 0.5) is 13.2 Å². The molecule has 1 aliphatic carbocycles. The van der Waals surface area contributed by atoms with Crippen molar-refractivity contribution in [2.45, 2.75) is 38.0 Å². The summed E-state index contributed by atoms with van der Waals surface area (Å²) in [4.78, 5) is 11.4. The maximum absolute atomic E-state index is 12.9. The van der Waals surface area contributed by atoms with E-state index in [0.717, 1.165) is 0 Å². The molecule has 0 spiro atoms. The van der Waals surface area contributed by atoms with Crippen LogP contribution >= 0.6 is 0 Å². The standard InChI is InChI=1S/C11H15F3O3/c1-2-17-9(15)10(16,11(12,13)14)8-6-4-3-5-7-8/h4,6,8,16H,2-3,5,7H2,1H3. The van der Waals surface area contributed by atoms with Crippen molar-refractivity contribution in [1.82, 2.24) is 0 Å². The van der Waals surface area contributed by atoms with Gasteiger partial charge in [-0.3, -0.25) is 0 Å². The lowest BCUT2D eigenvalue weighted by molar-refractivity contribution is -0.274. The van der Waals surface area contributed by atoms with Crippen molar-refractivity contribution < 1.29 is 27.8 Å². The summed E-state index contributed by atoms with van der Waals surface area (Å²) in [5, 5.41) is 9.72. The Bertz CT molecular complexity index is 312. The van der Waals surface area contributed by atoms with Gasteiger partial charge in [-0.1, -0.05) is 12.2 Å². The van der Waals surface area contributed by atoms with Crippen molar-refractivity contribution in [1.29, 1.82) is 0 Å². The van der Waals surface area contributed by atoms with Crippen LogP contribution in [0.25, 0.3) is 0 Å². The Kier molecular flexibility index (Phi) is 4.19. The molecule has 2 atom stereocenters. The second-order valence-corrected chi connectivity index (χ2v) is 3.95. The van der Waals surface area contributed by atoms with Gasteiger partial charge in [0.05, 0.1) is 6.61 Å². The Morgan fingerprint density at radius 2 is 2.18 bits per heavy atom. The maximum Gasteiger partial charge on any atom is 0.428 e. The molecule has 0 aromatic heterocycles. The number of aliphatic hydroxyl groups is 1. The molecular weight excluding hydrogens is 237 g/mol. The number of hydrogen-bond donors (Lipinski definition) is 1. The molecule has 17 heavy (non-hydrogen) atoms. The fraction of sp³-hybridized carbons (Fsp3) is 0.727. The first-order valence-electron chi connectivity index (χ1n) is 5.47. The minimum absolute atomic E-state index is 0.116. The first-order chi connectivity index (χ1) is 7.84. The number of hydrogen-bond acceptors (Lipinski definition) is 3. The molecule has 0 radical (unpaired) electrons. The third-order valence-corrected chi connectivity index (χ3v) is 2.81. The number of esters is 1. The molecule has 0 saturated carbocycles. The van der Waals surface area contributed by atoms with E-state index >= 15 is 0 Å². The van der Waals surface area contributed by atoms with Gasteiger partial charge >= 0.3 is 12.1 Å². The molecule has 0 amide bonds. The Morgan fingerprint density at radius 1 is 1.53 bits per heavy atom. The largest absolute Gasteiger partial charge is 0.464 e. The summed E-state index contributed by atoms with van der Waals surface area (Å²) in [6.07, 6.45) is -0.957. The molecule has 1 rings (SSSR count). The second-order valence-electron chi connectivity index (χ2n) is 3.95. The van der Waals surface area contributed by atoms with E-state index in [-0.39, 0.29) is 13.0 Å². The lowest BCUT2D eigenvalue weighted by atomic mass is 9.80. The molecule has 0 bridgehead atoms.